The van der Waals surface area contributed by atoms with Gasteiger partial charge in [0.25, 0.3) is 5.91 Å². The molecule has 1 aliphatic carbocycles. The van der Waals surface area contributed by atoms with Gasteiger partial charge in [0.1, 0.15) is 5.75 Å². The van der Waals surface area contributed by atoms with Crippen LogP contribution in [0.5, 0.6) is 5.75 Å². The van der Waals surface area contributed by atoms with Crippen LogP contribution in [0, 0.1) is 5.92 Å². The number of hydrogen-bond acceptors (Lipinski definition) is 3. The van der Waals surface area contributed by atoms with Crippen LogP contribution in [0.15, 0.2) is 18.2 Å². The van der Waals surface area contributed by atoms with Gasteiger partial charge in [-0.05, 0) is 25.0 Å². The van der Waals surface area contributed by atoms with E-state index in [1.54, 1.807) is 18.2 Å². The molecular formula is C14H17Cl2NO3. The summed E-state index contributed by atoms with van der Waals surface area (Å²) in [5.41, 5.74) is 0. The predicted octanol–water partition coefficient (Wildman–Crippen LogP) is 2.65. The molecule has 0 bridgehead atoms. The van der Waals surface area contributed by atoms with Gasteiger partial charge in [0.15, 0.2) is 6.61 Å². The van der Waals surface area contributed by atoms with Crippen molar-refractivity contribution in [3.8, 4) is 5.75 Å². The molecule has 2 N–H and O–H groups in total. The van der Waals surface area contributed by atoms with E-state index in [0.717, 1.165) is 19.3 Å². The van der Waals surface area contributed by atoms with E-state index in [0.29, 0.717) is 15.8 Å². The minimum absolute atomic E-state index is 0.0333. The van der Waals surface area contributed by atoms with Crippen molar-refractivity contribution in [3.05, 3.63) is 28.2 Å². The fourth-order valence-corrected chi connectivity index (χ4v) is 2.76. The highest BCUT2D eigenvalue weighted by atomic mass is 35.5. The number of amides is 1. The molecule has 1 saturated carbocycles. The number of carbonyl (C=O) groups excluding carboxylic acids is 1. The number of halogens is 2. The van der Waals surface area contributed by atoms with E-state index < -0.39 is 0 Å². The second-order valence-corrected chi connectivity index (χ2v) is 5.75. The van der Waals surface area contributed by atoms with Crippen LogP contribution >= 0.6 is 23.2 Å². The zero-order chi connectivity index (χ0) is 14.5. The van der Waals surface area contributed by atoms with Crippen LogP contribution < -0.4 is 10.1 Å². The molecule has 1 aliphatic rings. The normalized spacial score (nSPS) is 21.8. The molecule has 110 valence electrons. The number of aliphatic hydroxyl groups is 1. The van der Waals surface area contributed by atoms with Crippen LogP contribution in [-0.4, -0.2) is 30.3 Å². The SMILES string of the molecule is O=C(COc1cc(Cl)ccc1Cl)NC1CCCC1CO. The van der Waals surface area contributed by atoms with Crippen LogP contribution in [0.2, 0.25) is 10.0 Å². The summed E-state index contributed by atoms with van der Waals surface area (Å²) in [5, 5.41) is 13.0. The van der Waals surface area contributed by atoms with Gasteiger partial charge in [0.05, 0.1) is 5.02 Å². The molecule has 2 unspecified atom stereocenters. The van der Waals surface area contributed by atoms with E-state index in [1.165, 1.54) is 0 Å². The molecule has 1 fully saturated rings. The molecule has 2 rings (SSSR count). The fourth-order valence-electron chi connectivity index (χ4n) is 2.42. The van der Waals surface area contributed by atoms with Gasteiger partial charge in [-0.2, -0.15) is 0 Å². The predicted molar refractivity (Wildman–Crippen MR) is 78.3 cm³/mol. The first-order chi connectivity index (χ1) is 9.60. The van der Waals surface area contributed by atoms with E-state index >= 15 is 0 Å². The van der Waals surface area contributed by atoms with E-state index in [1.807, 2.05) is 0 Å². The maximum Gasteiger partial charge on any atom is 0.258 e. The number of ether oxygens (including phenoxy) is 1. The number of aliphatic hydroxyl groups excluding tert-OH is 1. The summed E-state index contributed by atoms with van der Waals surface area (Å²) in [6, 6.07) is 4.88. The zero-order valence-electron chi connectivity index (χ0n) is 10.9. The molecule has 20 heavy (non-hydrogen) atoms. The van der Waals surface area contributed by atoms with Crippen molar-refractivity contribution in [2.45, 2.75) is 25.3 Å². The first-order valence-electron chi connectivity index (χ1n) is 6.58. The Morgan fingerprint density at radius 2 is 2.20 bits per heavy atom. The maximum absolute atomic E-state index is 11.8. The number of nitrogens with one attached hydrogen (secondary N) is 1. The molecule has 0 heterocycles. The van der Waals surface area contributed by atoms with E-state index in [4.69, 9.17) is 27.9 Å². The van der Waals surface area contributed by atoms with Gasteiger partial charge in [-0.25, -0.2) is 0 Å². The summed E-state index contributed by atoms with van der Waals surface area (Å²) in [6.07, 6.45) is 2.87. The lowest BCUT2D eigenvalue weighted by Crippen LogP contribution is -2.40. The maximum atomic E-state index is 11.8. The first kappa shape index (κ1) is 15.4. The van der Waals surface area contributed by atoms with Gasteiger partial charge in [-0.1, -0.05) is 29.6 Å². The summed E-state index contributed by atoms with van der Waals surface area (Å²) >= 11 is 11.8. The lowest BCUT2D eigenvalue weighted by Gasteiger charge is -2.19. The summed E-state index contributed by atoms with van der Waals surface area (Å²) in [6.45, 7) is -0.0133. The Labute approximate surface area is 128 Å². The average molecular weight is 318 g/mol. The Hall–Kier alpha value is -0.970. The second-order valence-electron chi connectivity index (χ2n) is 4.91. The van der Waals surface area contributed by atoms with Gasteiger partial charge in [0.2, 0.25) is 0 Å². The summed E-state index contributed by atoms with van der Waals surface area (Å²) in [7, 11) is 0. The van der Waals surface area contributed by atoms with Crippen molar-refractivity contribution in [2.75, 3.05) is 13.2 Å². The summed E-state index contributed by atoms with van der Waals surface area (Å²) in [5.74, 6) is 0.319. The van der Waals surface area contributed by atoms with Crippen LogP contribution in [-0.2, 0) is 4.79 Å². The third-order valence-electron chi connectivity index (χ3n) is 3.49. The number of carbonyl (C=O) groups is 1. The van der Waals surface area contributed by atoms with Crippen molar-refractivity contribution in [1.29, 1.82) is 0 Å². The number of hydrogen-bond donors (Lipinski definition) is 2. The Morgan fingerprint density at radius 3 is 2.95 bits per heavy atom. The minimum atomic E-state index is -0.216. The lowest BCUT2D eigenvalue weighted by atomic mass is 10.1. The zero-order valence-corrected chi connectivity index (χ0v) is 12.5. The molecular weight excluding hydrogens is 301 g/mol. The average Bonchev–Trinajstić information content (AvgIpc) is 2.87. The van der Waals surface area contributed by atoms with Crippen LogP contribution in [0.4, 0.5) is 0 Å². The molecule has 0 saturated heterocycles. The Bertz CT molecular complexity index is 481. The third-order valence-corrected chi connectivity index (χ3v) is 4.04. The van der Waals surface area contributed by atoms with E-state index in [-0.39, 0.29) is 31.1 Å². The van der Waals surface area contributed by atoms with Crippen molar-refractivity contribution < 1.29 is 14.6 Å². The Morgan fingerprint density at radius 1 is 1.40 bits per heavy atom. The monoisotopic (exact) mass is 317 g/mol. The Balaban J connectivity index is 1.84. The summed E-state index contributed by atoms with van der Waals surface area (Å²) < 4.78 is 5.37. The number of benzene rings is 1. The molecule has 6 heteroatoms. The lowest BCUT2D eigenvalue weighted by molar-refractivity contribution is -0.124. The smallest absolute Gasteiger partial charge is 0.258 e. The molecule has 0 radical (unpaired) electrons. The quantitative estimate of drug-likeness (QED) is 0.877. The van der Waals surface area contributed by atoms with Crippen molar-refractivity contribution in [3.63, 3.8) is 0 Å². The molecule has 4 nitrogen and oxygen atoms in total. The molecule has 0 aliphatic heterocycles. The largest absolute Gasteiger partial charge is 0.482 e. The molecule has 1 amide bonds. The van der Waals surface area contributed by atoms with Crippen molar-refractivity contribution in [1.82, 2.24) is 5.32 Å². The first-order valence-corrected chi connectivity index (χ1v) is 7.34. The van der Waals surface area contributed by atoms with Crippen LogP contribution in [0.3, 0.4) is 0 Å². The topological polar surface area (TPSA) is 58.6 Å². The molecule has 1 aromatic carbocycles. The van der Waals surface area contributed by atoms with Crippen LogP contribution in [0.25, 0.3) is 0 Å². The summed E-state index contributed by atoms with van der Waals surface area (Å²) in [4.78, 5) is 11.8. The highest BCUT2D eigenvalue weighted by molar-refractivity contribution is 6.34. The standard InChI is InChI=1S/C14H17Cl2NO3/c15-10-4-5-11(16)13(6-10)20-8-14(19)17-12-3-1-2-9(12)7-18/h4-6,9,12,18H,1-3,7-8H2,(H,17,19). The molecule has 0 aromatic heterocycles. The van der Waals surface area contributed by atoms with Crippen molar-refractivity contribution in [2.24, 2.45) is 5.92 Å². The van der Waals surface area contributed by atoms with Gasteiger partial charge >= 0.3 is 0 Å². The van der Waals surface area contributed by atoms with Gasteiger partial charge in [-0.15, -0.1) is 0 Å². The van der Waals surface area contributed by atoms with Crippen LogP contribution in [0.1, 0.15) is 19.3 Å². The molecule has 1 aromatic rings. The van der Waals surface area contributed by atoms with Gasteiger partial charge < -0.3 is 15.2 Å². The highest BCUT2D eigenvalue weighted by Crippen LogP contribution is 2.28. The molecule has 0 spiro atoms. The molecule has 2 atom stereocenters. The third kappa shape index (κ3) is 4.01. The van der Waals surface area contributed by atoms with E-state index in [2.05, 4.69) is 5.32 Å². The Kier molecular flexibility index (Phi) is 5.52. The fraction of sp³-hybridized carbons (Fsp3) is 0.500. The minimum Gasteiger partial charge on any atom is -0.482 e. The number of rotatable bonds is 5. The van der Waals surface area contributed by atoms with E-state index in [9.17, 15) is 9.90 Å². The van der Waals surface area contributed by atoms with Crippen molar-refractivity contribution >= 4 is 29.1 Å². The van der Waals surface area contributed by atoms with Gasteiger partial charge in [-0.3, -0.25) is 4.79 Å². The second kappa shape index (κ2) is 7.16. The highest BCUT2D eigenvalue weighted by Gasteiger charge is 2.27. The van der Waals surface area contributed by atoms with Gasteiger partial charge in [0, 0.05) is 29.7 Å².